The number of quaternary nitrogens is 1. The molecule has 0 aliphatic carbocycles. The monoisotopic (exact) mass is 1220 g/mol. The molecular weight excluding hydrogens is 1080 g/mol. The number of allylic oxidation sites excluding steroid dienone is 15. The lowest BCUT2D eigenvalue weighted by Gasteiger charge is -2.27. The zero-order valence-corrected chi connectivity index (χ0v) is 57.9. The van der Waals surface area contributed by atoms with Crippen LogP contribution in [0.25, 0.3) is 0 Å². The maximum absolute atomic E-state index is 13.6. The molecule has 3 atom stereocenters. The number of likely N-dealkylation sites (N-methyl/N-ethyl adjacent to an activating group) is 1. The molecule has 0 bridgehead atoms. The van der Waals surface area contributed by atoms with Gasteiger partial charge in [0, 0.05) is 12.8 Å². The average molecular weight is 1220 g/mol. The molecule has 0 fully saturated rings. The number of phosphoric ester groups is 1. The lowest BCUT2D eigenvalue weighted by atomic mass is 10.0. The van der Waals surface area contributed by atoms with E-state index in [9.17, 15) is 19.0 Å². The van der Waals surface area contributed by atoms with Crippen LogP contribution < -0.4 is 5.32 Å². The van der Waals surface area contributed by atoms with Crippen molar-refractivity contribution < 1.29 is 37.3 Å². The van der Waals surface area contributed by atoms with Gasteiger partial charge in [-0.2, -0.15) is 0 Å². The predicted molar refractivity (Wildman–Crippen MR) is 374 cm³/mol. The molecule has 498 valence electrons. The number of hydrogen-bond donors (Lipinski definition) is 2. The molecule has 0 saturated heterocycles. The van der Waals surface area contributed by atoms with Gasteiger partial charge in [-0.3, -0.25) is 18.6 Å². The van der Waals surface area contributed by atoms with Gasteiger partial charge in [0.1, 0.15) is 19.3 Å². The number of amides is 1. The van der Waals surface area contributed by atoms with Crippen molar-refractivity contribution in [3.63, 3.8) is 0 Å². The second-order valence-corrected chi connectivity index (χ2v) is 26.9. The number of nitrogens with zero attached hydrogens (tertiary/aromatic N) is 1. The third kappa shape index (κ3) is 65.4. The minimum Gasteiger partial charge on any atom is -0.456 e. The summed E-state index contributed by atoms with van der Waals surface area (Å²) in [7, 11) is 1.49. The van der Waals surface area contributed by atoms with Crippen LogP contribution in [0.1, 0.15) is 323 Å². The van der Waals surface area contributed by atoms with Gasteiger partial charge in [0.15, 0.2) is 0 Å². The number of rotatable bonds is 65. The Balaban J connectivity index is 5.07. The molecule has 3 unspecified atom stereocenters. The van der Waals surface area contributed by atoms with Gasteiger partial charge in [0.2, 0.25) is 5.91 Å². The van der Waals surface area contributed by atoms with Gasteiger partial charge in [-0.25, -0.2) is 4.57 Å². The first kappa shape index (κ1) is 82.9. The summed E-state index contributed by atoms with van der Waals surface area (Å²) in [4.78, 5) is 37.9. The number of nitrogens with one attached hydrogen (secondary N) is 1. The molecule has 0 heterocycles. The number of carbonyl (C=O) groups is 2. The summed E-state index contributed by atoms with van der Waals surface area (Å²) < 4.78 is 30.8. The molecule has 0 aliphatic rings. The van der Waals surface area contributed by atoms with E-state index in [1.165, 1.54) is 186 Å². The van der Waals surface area contributed by atoms with Crippen molar-refractivity contribution in [2.45, 2.75) is 335 Å². The van der Waals surface area contributed by atoms with Crippen LogP contribution in [0.3, 0.4) is 0 Å². The molecule has 0 aromatic rings. The van der Waals surface area contributed by atoms with Gasteiger partial charge in [-0.05, 0) is 115 Å². The fourth-order valence-corrected chi connectivity index (χ4v) is 10.9. The summed E-state index contributed by atoms with van der Waals surface area (Å²) in [5.74, 6) is -0.513. The summed E-state index contributed by atoms with van der Waals surface area (Å²) in [6.45, 7) is 6.97. The standard InChI is InChI=1S/C76H137N2O7P/c1-7-10-13-16-19-22-25-28-30-32-34-36-37-38-39-40-41-43-44-46-48-50-53-56-59-62-65-68-75(79)77-73(72-84-86(81,82)83-71-70-78(4,5)6)74(67-64-61-58-55-52-27-24-21-18-15-12-9-3)85-76(80)69-66-63-60-57-54-51-49-47-45-42-35-33-31-29-26-23-20-17-14-11-8-2/h19-20,22-23,28-31,34-36,38-39,42,64,67,73-74H,7-18,21,24-27,32-33,37,40-41,43-63,65-66,68-72H2,1-6H3,(H-,77,79,81,82)/p+1/b22-19-,23-20-,30-28-,31-29-,36-34-,39-38-,42-35-,67-64-. The Morgan fingerprint density at radius 3 is 1.08 bits per heavy atom. The number of phosphoric acid groups is 1. The largest absolute Gasteiger partial charge is 0.472 e. The summed E-state index contributed by atoms with van der Waals surface area (Å²) in [6.07, 6.45) is 88.4. The third-order valence-corrected chi connectivity index (χ3v) is 16.7. The first-order chi connectivity index (χ1) is 41.9. The van der Waals surface area contributed by atoms with Crippen molar-refractivity contribution in [1.82, 2.24) is 5.32 Å². The van der Waals surface area contributed by atoms with E-state index in [4.69, 9.17) is 13.8 Å². The Labute approximate surface area is 532 Å². The van der Waals surface area contributed by atoms with Crippen LogP contribution in [0.15, 0.2) is 97.2 Å². The molecule has 0 aromatic carbocycles. The number of esters is 1. The Kier molecular flexibility index (Phi) is 62.6. The highest BCUT2D eigenvalue weighted by molar-refractivity contribution is 7.47. The van der Waals surface area contributed by atoms with E-state index in [1.807, 2.05) is 33.3 Å². The minimum absolute atomic E-state index is 0.0349. The van der Waals surface area contributed by atoms with Crippen LogP contribution in [0.5, 0.6) is 0 Å². The lowest BCUT2D eigenvalue weighted by Crippen LogP contribution is -2.47. The lowest BCUT2D eigenvalue weighted by molar-refractivity contribution is -0.870. The fourth-order valence-electron chi connectivity index (χ4n) is 10.2. The molecular formula is C76H138N2O7P+. The Morgan fingerprint density at radius 1 is 0.407 bits per heavy atom. The third-order valence-electron chi connectivity index (χ3n) is 15.7. The maximum Gasteiger partial charge on any atom is 0.472 e. The topological polar surface area (TPSA) is 111 Å². The van der Waals surface area contributed by atoms with Gasteiger partial charge >= 0.3 is 13.8 Å². The van der Waals surface area contributed by atoms with Crippen LogP contribution in [-0.2, 0) is 27.9 Å². The summed E-state index contributed by atoms with van der Waals surface area (Å²) in [5.41, 5.74) is 0. The molecule has 0 spiro atoms. The Hall–Kier alpha value is -3.07. The van der Waals surface area contributed by atoms with Crippen molar-refractivity contribution in [2.24, 2.45) is 0 Å². The van der Waals surface area contributed by atoms with Crippen molar-refractivity contribution in [1.29, 1.82) is 0 Å². The van der Waals surface area contributed by atoms with Gasteiger partial charge in [0.25, 0.3) is 0 Å². The predicted octanol–water partition coefficient (Wildman–Crippen LogP) is 23.1. The molecule has 0 radical (unpaired) electrons. The molecule has 86 heavy (non-hydrogen) atoms. The normalized spacial score (nSPS) is 14.1. The van der Waals surface area contributed by atoms with Gasteiger partial charge in [-0.1, -0.05) is 292 Å². The van der Waals surface area contributed by atoms with Crippen LogP contribution in [0.4, 0.5) is 0 Å². The van der Waals surface area contributed by atoms with Crippen molar-refractivity contribution in [2.75, 3.05) is 40.9 Å². The number of ether oxygens (including phenoxy) is 1. The van der Waals surface area contributed by atoms with Gasteiger partial charge < -0.3 is 19.4 Å². The quantitative estimate of drug-likeness (QED) is 0.0205. The number of hydrogen-bond acceptors (Lipinski definition) is 6. The highest BCUT2D eigenvalue weighted by atomic mass is 31.2. The van der Waals surface area contributed by atoms with E-state index in [0.717, 1.165) is 103 Å². The summed E-state index contributed by atoms with van der Waals surface area (Å²) in [5, 5.41) is 3.07. The Morgan fingerprint density at radius 2 is 0.709 bits per heavy atom. The molecule has 10 heteroatoms. The van der Waals surface area contributed by atoms with E-state index in [-0.39, 0.29) is 31.5 Å². The number of unbranched alkanes of at least 4 members (excludes halogenated alkanes) is 35. The minimum atomic E-state index is -4.46. The highest BCUT2D eigenvalue weighted by Gasteiger charge is 2.30. The first-order valence-electron chi connectivity index (χ1n) is 36.1. The molecule has 0 aromatic heterocycles. The van der Waals surface area contributed by atoms with Crippen LogP contribution in [0.2, 0.25) is 0 Å². The number of carbonyl (C=O) groups excluding carboxylic acids is 2. The van der Waals surface area contributed by atoms with E-state index in [2.05, 4.69) is 111 Å². The molecule has 9 nitrogen and oxygen atoms in total. The van der Waals surface area contributed by atoms with E-state index >= 15 is 0 Å². The van der Waals surface area contributed by atoms with Gasteiger partial charge in [-0.15, -0.1) is 0 Å². The molecule has 0 aliphatic heterocycles. The molecule has 0 rings (SSSR count). The molecule has 2 N–H and O–H groups in total. The van der Waals surface area contributed by atoms with Crippen LogP contribution in [-0.4, -0.2) is 74.3 Å². The maximum atomic E-state index is 13.6. The van der Waals surface area contributed by atoms with Crippen molar-refractivity contribution in [3.8, 4) is 0 Å². The van der Waals surface area contributed by atoms with E-state index < -0.39 is 20.0 Å². The van der Waals surface area contributed by atoms with Crippen LogP contribution >= 0.6 is 7.82 Å². The van der Waals surface area contributed by atoms with E-state index in [1.54, 1.807) is 0 Å². The SMILES string of the molecule is CCCCC/C=C\C/C=C\C/C=C\C/C=C\CCCCCCCCCCCCCC(=O)NC(COP(=O)(O)OCC[N+](C)(C)C)C(/C=C\CCCCCCCCCCCC)OC(=O)CCCCCCCCCC/C=C\C/C=C\C/C=C\CCCCC. The summed E-state index contributed by atoms with van der Waals surface area (Å²) in [6, 6.07) is -0.859. The molecule has 0 saturated carbocycles. The summed E-state index contributed by atoms with van der Waals surface area (Å²) >= 11 is 0. The second-order valence-electron chi connectivity index (χ2n) is 25.4. The zero-order valence-electron chi connectivity index (χ0n) is 57.0. The van der Waals surface area contributed by atoms with E-state index in [0.29, 0.717) is 17.4 Å². The van der Waals surface area contributed by atoms with Crippen LogP contribution in [0, 0.1) is 0 Å². The zero-order chi connectivity index (χ0) is 62.8. The first-order valence-corrected chi connectivity index (χ1v) is 37.6. The van der Waals surface area contributed by atoms with Crippen molar-refractivity contribution in [3.05, 3.63) is 97.2 Å². The smallest absolute Gasteiger partial charge is 0.456 e. The average Bonchev–Trinajstić information content (AvgIpc) is 3.67. The van der Waals surface area contributed by atoms with Gasteiger partial charge in [0.05, 0.1) is 33.8 Å². The fraction of sp³-hybridized carbons (Fsp3) is 0.763. The Bertz CT molecular complexity index is 1790. The molecule has 1 amide bonds. The highest BCUT2D eigenvalue weighted by Crippen LogP contribution is 2.43. The van der Waals surface area contributed by atoms with Crippen molar-refractivity contribution >= 4 is 19.7 Å². The second kappa shape index (κ2) is 64.9.